The van der Waals surface area contributed by atoms with Crippen molar-refractivity contribution in [1.29, 1.82) is 0 Å². The molecule has 2 nitrogen and oxygen atoms in total. The Morgan fingerprint density at radius 3 is 1.17 bits per heavy atom. The quantitative estimate of drug-likeness (QED) is 0.547. The van der Waals surface area contributed by atoms with Gasteiger partial charge in [0, 0.05) is 34.5 Å². The van der Waals surface area contributed by atoms with Crippen molar-refractivity contribution in [2.24, 2.45) is 0 Å². The van der Waals surface area contributed by atoms with Gasteiger partial charge in [-0.3, -0.25) is 0 Å². The van der Waals surface area contributed by atoms with E-state index in [1.165, 1.54) is 11.1 Å². The third kappa shape index (κ3) is 4.92. The largest absolute Gasteiger partial charge is 0.381 e. The first-order valence-corrected chi connectivity index (χ1v) is 8.51. The molecule has 0 aromatic heterocycles. The van der Waals surface area contributed by atoms with Gasteiger partial charge in [-0.1, -0.05) is 47.5 Å². The first kappa shape index (κ1) is 16.7. The number of nitrogens with one attached hydrogen (secondary N) is 2. The second kappa shape index (κ2) is 8.09. The summed E-state index contributed by atoms with van der Waals surface area (Å²) in [5, 5.41) is 8.26. The zero-order valence-electron chi connectivity index (χ0n) is 13.1. The van der Waals surface area contributed by atoms with Crippen molar-refractivity contribution >= 4 is 34.6 Å². The molecule has 0 spiro atoms. The van der Waals surface area contributed by atoms with Gasteiger partial charge in [0.1, 0.15) is 0 Å². The molecule has 122 valence electrons. The fourth-order valence-corrected chi connectivity index (χ4v) is 2.57. The second-order valence-electron chi connectivity index (χ2n) is 5.54. The van der Waals surface area contributed by atoms with Gasteiger partial charge >= 0.3 is 0 Å². The molecule has 0 aliphatic carbocycles. The van der Waals surface area contributed by atoms with Crippen molar-refractivity contribution in [3.63, 3.8) is 0 Å². The topological polar surface area (TPSA) is 24.1 Å². The Labute approximate surface area is 152 Å². The average Bonchev–Trinajstić information content (AvgIpc) is 2.62. The first-order valence-electron chi connectivity index (χ1n) is 7.76. The fraction of sp³-hybridized carbons (Fsp3) is 0.100. The van der Waals surface area contributed by atoms with Crippen molar-refractivity contribution in [1.82, 2.24) is 0 Å². The van der Waals surface area contributed by atoms with Crippen molar-refractivity contribution < 1.29 is 0 Å². The van der Waals surface area contributed by atoms with E-state index in [9.17, 15) is 0 Å². The van der Waals surface area contributed by atoms with Gasteiger partial charge in [-0.2, -0.15) is 0 Å². The third-order valence-corrected chi connectivity index (χ3v) is 4.21. The lowest BCUT2D eigenvalue weighted by Crippen LogP contribution is -2.01. The molecule has 3 aromatic carbocycles. The number of hydrogen-bond donors (Lipinski definition) is 2. The van der Waals surface area contributed by atoms with E-state index in [4.69, 9.17) is 23.2 Å². The maximum Gasteiger partial charge on any atom is 0.0407 e. The Bertz CT molecular complexity index is 698. The number of anilines is 2. The van der Waals surface area contributed by atoms with Crippen molar-refractivity contribution in [2.45, 2.75) is 13.1 Å². The summed E-state index contributed by atoms with van der Waals surface area (Å²) in [4.78, 5) is 0. The van der Waals surface area contributed by atoms with Crippen LogP contribution in [0.4, 0.5) is 11.4 Å². The minimum absolute atomic E-state index is 0.748. The van der Waals surface area contributed by atoms with Gasteiger partial charge < -0.3 is 10.6 Å². The van der Waals surface area contributed by atoms with Crippen molar-refractivity contribution in [3.05, 3.63) is 94.0 Å². The SMILES string of the molecule is Clc1ccc(NCc2ccc(CNc3ccc(Cl)cc3)cc2)cc1. The second-order valence-corrected chi connectivity index (χ2v) is 6.41. The highest BCUT2D eigenvalue weighted by Gasteiger charge is 1.98. The highest BCUT2D eigenvalue weighted by atomic mass is 35.5. The van der Waals surface area contributed by atoms with Crippen LogP contribution in [-0.2, 0) is 13.1 Å². The molecule has 0 saturated heterocycles. The van der Waals surface area contributed by atoms with Gasteiger partial charge in [0.25, 0.3) is 0 Å². The van der Waals surface area contributed by atoms with Gasteiger partial charge in [0.15, 0.2) is 0 Å². The highest BCUT2D eigenvalue weighted by molar-refractivity contribution is 6.30. The minimum atomic E-state index is 0.748. The van der Waals surface area contributed by atoms with E-state index in [2.05, 4.69) is 34.9 Å². The van der Waals surface area contributed by atoms with Crippen LogP contribution in [0.2, 0.25) is 10.0 Å². The maximum atomic E-state index is 5.89. The summed E-state index contributed by atoms with van der Waals surface area (Å²) in [5.74, 6) is 0. The zero-order chi connectivity index (χ0) is 16.8. The summed E-state index contributed by atoms with van der Waals surface area (Å²) < 4.78 is 0. The Morgan fingerprint density at radius 2 is 0.833 bits per heavy atom. The van der Waals surface area contributed by atoms with Crippen LogP contribution < -0.4 is 10.6 Å². The Balaban J connectivity index is 1.51. The maximum absolute atomic E-state index is 5.89. The van der Waals surface area contributed by atoms with E-state index < -0.39 is 0 Å². The molecule has 0 fully saturated rings. The van der Waals surface area contributed by atoms with Crippen LogP contribution in [-0.4, -0.2) is 0 Å². The molecule has 0 amide bonds. The van der Waals surface area contributed by atoms with Crippen LogP contribution >= 0.6 is 23.2 Å². The number of hydrogen-bond acceptors (Lipinski definition) is 2. The molecule has 0 aliphatic heterocycles. The summed E-state index contributed by atoms with van der Waals surface area (Å²) >= 11 is 11.8. The molecule has 3 aromatic rings. The van der Waals surface area contributed by atoms with Crippen LogP contribution in [0, 0.1) is 0 Å². The molecule has 0 saturated carbocycles. The number of rotatable bonds is 6. The number of halogens is 2. The standard InChI is InChI=1S/C20H18Cl2N2/c21-17-5-9-19(10-6-17)23-13-15-1-2-16(4-3-15)14-24-20-11-7-18(22)8-12-20/h1-12,23-24H,13-14H2. The van der Waals surface area contributed by atoms with Gasteiger partial charge in [-0.05, 0) is 59.7 Å². The molecule has 0 atom stereocenters. The van der Waals surface area contributed by atoms with Gasteiger partial charge in [0.2, 0.25) is 0 Å². The third-order valence-electron chi connectivity index (χ3n) is 3.70. The molecule has 24 heavy (non-hydrogen) atoms. The molecule has 3 rings (SSSR count). The van der Waals surface area contributed by atoms with E-state index in [0.29, 0.717) is 0 Å². The fourth-order valence-electron chi connectivity index (χ4n) is 2.32. The van der Waals surface area contributed by atoms with Crippen molar-refractivity contribution in [2.75, 3.05) is 10.6 Å². The normalized spacial score (nSPS) is 10.4. The Hall–Kier alpha value is -2.16. The molecular weight excluding hydrogens is 339 g/mol. The van der Waals surface area contributed by atoms with Crippen LogP contribution in [0.15, 0.2) is 72.8 Å². The first-order chi connectivity index (χ1) is 11.7. The molecule has 0 radical (unpaired) electrons. The van der Waals surface area contributed by atoms with Gasteiger partial charge in [-0.15, -0.1) is 0 Å². The van der Waals surface area contributed by atoms with E-state index in [-0.39, 0.29) is 0 Å². The van der Waals surface area contributed by atoms with Gasteiger partial charge in [-0.25, -0.2) is 0 Å². The highest BCUT2D eigenvalue weighted by Crippen LogP contribution is 2.16. The van der Waals surface area contributed by atoms with Crippen LogP contribution in [0.25, 0.3) is 0 Å². The summed E-state index contributed by atoms with van der Waals surface area (Å²) in [6.07, 6.45) is 0. The Morgan fingerprint density at radius 1 is 0.500 bits per heavy atom. The lowest BCUT2D eigenvalue weighted by Gasteiger charge is -2.09. The Kier molecular flexibility index (Phi) is 5.63. The van der Waals surface area contributed by atoms with E-state index in [0.717, 1.165) is 34.5 Å². The van der Waals surface area contributed by atoms with Crippen LogP contribution in [0.5, 0.6) is 0 Å². The zero-order valence-corrected chi connectivity index (χ0v) is 14.6. The predicted octanol–water partition coefficient (Wildman–Crippen LogP) is 6.22. The monoisotopic (exact) mass is 356 g/mol. The molecule has 0 aliphatic rings. The molecule has 4 heteroatoms. The van der Waals surface area contributed by atoms with Crippen LogP contribution in [0.3, 0.4) is 0 Å². The summed E-state index contributed by atoms with van der Waals surface area (Å²) in [7, 11) is 0. The lowest BCUT2D eigenvalue weighted by molar-refractivity contribution is 1.11. The van der Waals surface area contributed by atoms with Gasteiger partial charge in [0.05, 0.1) is 0 Å². The molecule has 0 unspecified atom stereocenters. The smallest absolute Gasteiger partial charge is 0.0407 e. The van der Waals surface area contributed by atoms with E-state index >= 15 is 0 Å². The molecule has 0 heterocycles. The number of benzene rings is 3. The summed E-state index contributed by atoms with van der Waals surface area (Å²) in [6.45, 7) is 1.57. The average molecular weight is 357 g/mol. The summed E-state index contributed by atoms with van der Waals surface area (Å²) in [6, 6.07) is 24.0. The molecule has 2 N–H and O–H groups in total. The minimum Gasteiger partial charge on any atom is -0.381 e. The van der Waals surface area contributed by atoms with Crippen molar-refractivity contribution in [3.8, 4) is 0 Å². The summed E-state index contributed by atoms with van der Waals surface area (Å²) in [5.41, 5.74) is 4.60. The van der Waals surface area contributed by atoms with E-state index in [1.807, 2.05) is 48.5 Å². The molecular formula is C20H18Cl2N2. The predicted molar refractivity (Wildman–Crippen MR) is 104 cm³/mol. The molecule has 0 bridgehead atoms. The van der Waals surface area contributed by atoms with Crippen LogP contribution in [0.1, 0.15) is 11.1 Å². The van der Waals surface area contributed by atoms with E-state index in [1.54, 1.807) is 0 Å². The lowest BCUT2D eigenvalue weighted by atomic mass is 10.1.